The van der Waals surface area contributed by atoms with Gasteiger partial charge in [-0.15, -0.1) is 0 Å². The Kier molecular flexibility index (Phi) is 5.18. The van der Waals surface area contributed by atoms with Crippen molar-refractivity contribution in [2.24, 2.45) is 0 Å². The van der Waals surface area contributed by atoms with E-state index in [1.54, 1.807) is 0 Å². The molecule has 1 aromatic carbocycles. The highest BCUT2D eigenvalue weighted by Gasteiger charge is 2.11. The highest BCUT2D eigenvalue weighted by molar-refractivity contribution is 5.39. The van der Waals surface area contributed by atoms with Crippen molar-refractivity contribution in [1.82, 2.24) is 15.1 Å². The summed E-state index contributed by atoms with van der Waals surface area (Å²) in [6.07, 6.45) is 2.20. The standard InChI is InChI=1S/C18H27N3/c1-6-12-19-13(3)16-8-10-17(11-9-16)21-15(5)18(7-2)14(4)20-21/h8-11,13,19H,6-7,12H2,1-5H3. The Morgan fingerprint density at radius 3 is 2.33 bits per heavy atom. The average Bonchev–Trinajstić information content (AvgIpc) is 2.79. The van der Waals surface area contributed by atoms with Crippen LogP contribution in [0, 0.1) is 13.8 Å². The molecule has 1 N–H and O–H groups in total. The van der Waals surface area contributed by atoms with Gasteiger partial charge in [0.15, 0.2) is 0 Å². The summed E-state index contributed by atoms with van der Waals surface area (Å²) in [6, 6.07) is 9.12. The number of rotatable bonds is 6. The largest absolute Gasteiger partial charge is 0.310 e. The van der Waals surface area contributed by atoms with Gasteiger partial charge < -0.3 is 5.32 Å². The van der Waals surface area contributed by atoms with Gasteiger partial charge in [-0.2, -0.15) is 5.10 Å². The van der Waals surface area contributed by atoms with Crippen LogP contribution in [0.15, 0.2) is 24.3 Å². The van der Waals surface area contributed by atoms with Crippen molar-refractivity contribution in [2.75, 3.05) is 6.54 Å². The third kappa shape index (κ3) is 3.35. The third-order valence-corrected chi connectivity index (χ3v) is 4.13. The highest BCUT2D eigenvalue weighted by Crippen LogP contribution is 2.20. The van der Waals surface area contributed by atoms with Crippen LogP contribution in [0.4, 0.5) is 0 Å². The smallest absolute Gasteiger partial charge is 0.0649 e. The van der Waals surface area contributed by atoms with Crippen LogP contribution in [0.1, 0.15) is 55.7 Å². The van der Waals surface area contributed by atoms with Crippen molar-refractivity contribution in [3.8, 4) is 5.69 Å². The molecule has 1 unspecified atom stereocenters. The number of aromatic nitrogens is 2. The minimum atomic E-state index is 0.394. The van der Waals surface area contributed by atoms with Gasteiger partial charge in [0.25, 0.3) is 0 Å². The molecule has 0 bridgehead atoms. The summed E-state index contributed by atoms with van der Waals surface area (Å²) < 4.78 is 2.06. The number of nitrogens with one attached hydrogen (secondary N) is 1. The fraction of sp³-hybridized carbons (Fsp3) is 0.500. The summed E-state index contributed by atoms with van der Waals surface area (Å²) in [7, 11) is 0. The van der Waals surface area contributed by atoms with Crippen LogP contribution >= 0.6 is 0 Å². The topological polar surface area (TPSA) is 29.9 Å². The number of hydrogen-bond donors (Lipinski definition) is 1. The van der Waals surface area contributed by atoms with Gasteiger partial charge in [-0.05, 0) is 63.4 Å². The molecule has 21 heavy (non-hydrogen) atoms. The summed E-state index contributed by atoms with van der Waals surface area (Å²) in [5.74, 6) is 0. The number of benzene rings is 1. The van der Waals surface area contributed by atoms with E-state index in [-0.39, 0.29) is 0 Å². The van der Waals surface area contributed by atoms with Gasteiger partial charge in [-0.25, -0.2) is 4.68 Å². The van der Waals surface area contributed by atoms with E-state index in [0.717, 1.165) is 30.8 Å². The Morgan fingerprint density at radius 2 is 1.81 bits per heavy atom. The molecule has 0 amide bonds. The second kappa shape index (κ2) is 6.90. The molecular weight excluding hydrogens is 258 g/mol. The van der Waals surface area contributed by atoms with Crippen molar-refractivity contribution in [1.29, 1.82) is 0 Å². The molecule has 114 valence electrons. The fourth-order valence-corrected chi connectivity index (χ4v) is 2.82. The minimum absolute atomic E-state index is 0.394. The van der Waals surface area contributed by atoms with Gasteiger partial charge in [0.05, 0.1) is 11.4 Å². The van der Waals surface area contributed by atoms with E-state index in [0.29, 0.717) is 6.04 Å². The maximum Gasteiger partial charge on any atom is 0.0649 e. The number of hydrogen-bond acceptors (Lipinski definition) is 2. The first-order valence-electron chi connectivity index (χ1n) is 7.97. The summed E-state index contributed by atoms with van der Waals surface area (Å²) in [4.78, 5) is 0. The highest BCUT2D eigenvalue weighted by atomic mass is 15.3. The third-order valence-electron chi connectivity index (χ3n) is 4.13. The second-order valence-electron chi connectivity index (χ2n) is 5.68. The zero-order chi connectivity index (χ0) is 15.4. The van der Waals surface area contributed by atoms with Gasteiger partial charge in [0, 0.05) is 11.7 Å². The normalized spacial score (nSPS) is 12.6. The Balaban J connectivity index is 2.23. The molecule has 2 aromatic rings. The molecule has 0 aliphatic rings. The molecule has 0 radical (unpaired) electrons. The van der Waals surface area contributed by atoms with Gasteiger partial charge in [-0.3, -0.25) is 0 Å². The van der Waals surface area contributed by atoms with E-state index in [4.69, 9.17) is 0 Å². The van der Waals surface area contributed by atoms with Crippen LogP contribution in [-0.2, 0) is 6.42 Å². The van der Waals surface area contributed by atoms with E-state index >= 15 is 0 Å². The molecule has 0 aliphatic heterocycles. The van der Waals surface area contributed by atoms with Crippen molar-refractivity contribution in [3.63, 3.8) is 0 Å². The van der Waals surface area contributed by atoms with Gasteiger partial charge in [0.1, 0.15) is 0 Å². The quantitative estimate of drug-likeness (QED) is 0.865. The van der Waals surface area contributed by atoms with Gasteiger partial charge >= 0.3 is 0 Å². The van der Waals surface area contributed by atoms with Crippen LogP contribution in [0.3, 0.4) is 0 Å². The zero-order valence-corrected chi connectivity index (χ0v) is 13.9. The lowest BCUT2D eigenvalue weighted by Crippen LogP contribution is -2.19. The number of nitrogens with zero attached hydrogens (tertiary/aromatic N) is 2. The molecule has 1 aromatic heterocycles. The predicted octanol–water partition coefficient (Wildman–Crippen LogP) is 4.11. The summed E-state index contributed by atoms with van der Waals surface area (Å²) in [5, 5.41) is 8.20. The monoisotopic (exact) mass is 285 g/mol. The lowest BCUT2D eigenvalue weighted by molar-refractivity contribution is 0.570. The van der Waals surface area contributed by atoms with E-state index < -0.39 is 0 Å². The molecule has 1 atom stereocenters. The first-order chi connectivity index (χ1) is 10.1. The van der Waals surface area contributed by atoms with E-state index in [9.17, 15) is 0 Å². The van der Waals surface area contributed by atoms with Gasteiger partial charge in [0.2, 0.25) is 0 Å². The maximum absolute atomic E-state index is 4.68. The van der Waals surface area contributed by atoms with E-state index in [2.05, 4.69) is 74.0 Å². The van der Waals surface area contributed by atoms with Crippen molar-refractivity contribution in [3.05, 3.63) is 46.8 Å². The first kappa shape index (κ1) is 15.8. The average molecular weight is 285 g/mol. The molecule has 1 heterocycles. The Hall–Kier alpha value is -1.61. The van der Waals surface area contributed by atoms with Crippen LogP contribution in [0.2, 0.25) is 0 Å². The molecule has 0 aliphatic carbocycles. The Labute approximate surface area is 128 Å². The minimum Gasteiger partial charge on any atom is -0.310 e. The van der Waals surface area contributed by atoms with Crippen LogP contribution in [-0.4, -0.2) is 16.3 Å². The maximum atomic E-state index is 4.68. The van der Waals surface area contributed by atoms with Gasteiger partial charge in [-0.1, -0.05) is 26.0 Å². The van der Waals surface area contributed by atoms with E-state index in [1.165, 1.54) is 16.8 Å². The van der Waals surface area contributed by atoms with Crippen molar-refractivity contribution < 1.29 is 0 Å². The molecule has 0 spiro atoms. The molecule has 3 heteroatoms. The SMILES string of the molecule is CCCNC(C)c1ccc(-n2nc(C)c(CC)c2C)cc1. The van der Waals surface area contributed by atoms with Crippen molar-refractivity contribution in [2.45, 2.75) is 53.5 Å². The zero-order valence-electron chi connectivity index (χ0n) is 13.9. The van der Waals surface area contributed by atoms with Crippen LogP contribution in [0.25, 0.3) is 5.69 Å². The molecular formula is C18H27N3. The molecule has 0 saturated carbocycles. The first-order valence-corrected chi connectivity index (χ1v) is 7.97. The lowest BCUT2D eigenvalue weighted by Gasteiger charge is -2.14. The second-order valence-corrected chi connectivity index (χ2v) is 5.68. The molecule has 0 fully saturated rings. The predicted molar refractivity (Wildman–Crippen MR) is 89.1 cm³/mol. The van der Waals surface area contributed by atoms with Crippen LogP contribution < -0.4 is 5.32 Å². The summed E-state index contributed by atoms with van der Waals surface area (Å²) in [6.45, 7) is 11.9. The summed E-state index contributed by atoms with van der Waals surface area (Å²) in [5.41, 5.74) is 6.21. The fourth-order valence-electron chi connectivity index (χ4n) is 2.82. The lowest BCUT2D eigenvalue weighted by atomic mass is 10.1. The van der Waals surface area contributed by atoms with Crippen LogP contribution in [0.5, 0.6) is 0 Å². The molecule has 0 saturated heterocycles. The molecule has 3 nitrogen and oxygen atoms in total. The van der Waals surface area contributed by atoms with E-state index in [1.807, 2.05) is 0 Å². The Bertz CT molecular complexity index is 581. The molecule has 2 rings (SSSR count). The summed E-state index contributed by atoms with van der Waals surface area (Å²) >= 11 is 0. The van der Waals surface area contributed by atoms with Crippen molar-refractivity contribution >= 4 is 0 Å². The Morgan fingerprint density at radius 1 is 1.14 bits per heavy atom. The number of aryl methyl sites for hydroxylation is 1.